The zero-order chi connectivity index (χ0) is 8.81. The molecule has 1 heterocycles. The van der Waals surface area contributed by atoms with Gasteiger partial charge >= 0.3 is 0 Å². The van der Waals surface area contributed by atoms with E-state index >= 15 is 0 Å². The lowest BCUT2D eigenvalue weighted by Gasteiger charge is -2.03. The molecule has 1 aromatic rings. The van der Waals surface area contributed by atoms with Gasteiger partial charge in [0.05, 0.1) is 0 Å². The first kappa shape index (κ1) is 8.94. The Hall–Kier alpha value is -1.15. The van der Waals surface area contributed by atoms with Crippen molar-refractivity contribution in [1.29, 1.82) is 0 Å². The number of rotatable bonds is 4. The number of aromatic nitrogens is 1. The standard InChI is InChI=1S/C10H13NO/c1-2-4-10-9(6-8-12)5-3-7-11-10/h2-3,5,7,12H,1,4,6,8H2. The number of pyridine rings is 1. The molecule has 0 spiro atoms. The zero-order valence-electron chi connectivity index (χ0n) is 7.03. The molecule has 0 aliphatic rings. The van der Waals surface area contributed by atoms with Gasteiger partial charge in [0, 0.05) is 24.9 Å². The first-order valence-electron chi connectivity index (χ1n) is 4.03. The number of aliphatic hydroxyl groups excluding tert-OH is 1. The lowest BCUT2D eigenvalue weighted by molar-refractivity contribution is 0.299. The Kier molecular flexibility index (Phi) is 3.48. The number of allylic oxidation sites excluding steroid dienone is 1. The largest absolute Gasteiger partial charge is 0.396 e. The van der Waals surface area contributed by atoms with E-state index in [0.29, 0.717) is 6.42 Å². The summed E-state index contributed by atoms with van der Waals surface area (Å²) < 4.78 is 0. The summed E-state index contributed by atoms with van der Waals surface area (Å²) in [7, 11) is 0. The quantitative estimate of drug-likeness (QED) is 0.679. The van der Waals surface area contributed by atoms with Crippen LogP contribution in [0.25, 0.3) is 0 Å². The van der Waals surface area contributed by atoms with Crippen LogP contribution in [0, 0.1) is 0 Å². The van der Waals surface area contributed by atoms with Crippen molar-refractivity contribution in [3.63, 3.8) is 0 Å². The van der Waals surface area contributed by atoms with E-state index in [1.54, 1.807) is 6.20 Å². The summed E-state index contributed by atoms with van der Waals surface area (Å²) in [5.41, 5.74) is 2.13. The van der Waals surface area contributed by atoms with Crippen LogP contribution in [0.4, 0.5) is 0 Å². The summed E-state index contributed by atoms with van der Waals surface area (Å²) in [6.45, 7) is 3.83. The number of aliphatic hydroxyl groups is 1. The Balaban J connectivity index is 2.83. The van der Waals surface area contributed by atoms with Gasteiger partial charge in [-0.2, -0.15) is 0 Å². The fraction of sp³-hybridized carbons (Fsp3) is 0.300. The van der Waals surface area contributed by atoms with E-state index in [-0.39, 0.29) is 6.61 Å². The van der Waals surface area contributed by atoms with Crippen molar-refractivity contribution >= 4 is 0 Å². The fourth-order valence-electron chi connectivity index (χ4n) is 1.14. The van der Waals surface area contributed by atoms with E-state index in [1.807, 2.05) is 18.2 Å². The SMILES string of the molecule is C=CCc1ncccc1CCO. The number of nitrogens with zero attached hydrogens (tertiary/aromatic N) is 1. The van der Waals surface area contributed by atoms with Gasteiger partial charge in [-0.1, -0.05) is 12.1 Å². The van der Waals surface area contributed by atoms with E-state index in [1.165, 1.54) is 0 Å². The minimum Gasteiger partial charge on any atom is -0.396 e. The zero-order valence-corrected chi connectivity index (χ0v) is 7.03. The van der Waals surface area contributed by atoms with Crippen LogP contribution < -0.4 is 0 Å². The molecule has 0 saturated carbocycles. The maximum absolute atomic E-state index is 8.76. The van der Waals surface area contributed by atoms with Gasteiger partial charge in [-0.05, 0) is 18.1 Å². The normalized spacial score (nSPS) is 9.75. The summed E-state index contributed by atoms with van der Waals surface area (Å²) in [6, 6.07) is 3.87. The predicted octanol–water partition coefficient (Wildman–Crippen LogP) is 1.34. The van der Waals surface area contributed by atoms with Crippen LogP contribution in [0.1, 0.15) is 11.3 Å². The van der Waals surface area contributed by atoms with E-state index in [0.717, 1.165) is 17.7 Å². The molecule has 0 atom stereocenters. The number of hydrogen-bond acceptors (Lipinski definition) is 2. The molecule has 0 bridgehead atoms. The molecule has 0 aliphatic carbocycles. The fourth-order valence-corrected chi connectivity index (χ4v) is 1.14. The Labute approximate surface area is 72.6 Å². The average molecular weight is 163 g/mol. The van der Waals surface area contributed by atoms with Crippen LogP contribution in [0.5, 0.6) is 0 Å². The molecule has 0 aliphatic heterocycles. The summed E-state index contributed by atoms with van der Waals surface area (Å²) in [5, 5.41) is 8.76. The van der Waals surface area contributed by atoms with Gasteiger partial charge in [-0.15, -0.1) is 6.58 Å². The molecular formula is C10H13NO. The van der Waals surface area contributed by atoms with Gasteiger partial charge in [0.15, 0.2) is 0 Å². The molecule has 0 aromatic carbocycles. The molecule has 0 unspecified atom stereocenters. The minimum absolute atomic E-state index is 0.176. The van der Waals surface area contributed by atoms with Crippen LogP contribution >= 0.6 is 0 Å². The van der Waals surface area contributed by atoms with Gasteiger partial charge in [-0.25, -0.2) is 0 Å². The highest BCUT2D eigenvalue weighted by Gasteiger charge is 1.99. The first-order valence-corrected chi connectivity index (χ1v) is 4.03. The Morgan fingerprint density at radius 3 is 3.08 bits per heavy atom. The average Bonchev–Trinajstić information content (AvgIpc) is 2.09. The lowest BCUT2D eigenvalue weighted by atomic mass is 10.1. The molecule has 0 amide bonds. The van der Waals surface area contributed by atoms with Gasteiger partial charge in [0.2, 0.25) is 0 Å². The van der Waals surface area contributed by atoms with E-state index in [4.69, 9.17) is 5.11 Å². The number of hydrogen-bond donors (Lipinski definition) is 1. The van der Waals surface area contributed by atoms with Crippen molar-refractivity contribution < 1.29 is 5.11 Å². The highest BCUT2D eigenvalue weighted by Crippen LogP contribution is 2.06. The molecule has 0 saturated heterocycles. The second-order valence-corrected chi connectivity index (χ2v) is 2.58. The van der Waals surface area contributed by atoms with Crippen LogP contribution in [-0.2, 0) is 12.8 Å². The van der Waals surface area contributed by atoms with Crippen molar-refractivity contribution in [3.8, 4) is 0 Å². The highest BCUT2D eigenvalue weighted by molar-refractivity contribution is 5.21. The first-order chi connectivity index (χ1) is 5.88. The maximum atomic E-state index is 8.76. The van der Waals surface area contributed by atoms with Crippen molar-refractivity contribution in [2.75, 3.05) is 6.61 Å². The van der Waals surface area contributed by atoms with Crippen LogP contribution in [0.15, 0.2) is 31.0 Å². The topological polar surface area (TPSA) is 33.1 Å². The third-order valence-corrected chi connectivity index (χ3v) is 1.70. The Morgan fingerprint density at radius 2 is 2.42 bits per heavy atom. The van der Waals surface area contributed by atoms with Gasteiger partial charge in [0.25, 0.3) is 0 Å². The molecule has 1 N–H and O–H groups in total. The molecular weight excluding hydrogens is 150 g/mol. The molecule has 0 fully saturated rings. The monoisotopic (exact) mass is 163 g/mol. The molecule has 64 valence electrons. The summed E-state index contributed by atoms with van der Waals surface area (Å²) in [5.74, 6) is 0. The van der Waals surface area contributed by atoms with Crippen molar-refractivity contribution in [2.45, 2.75) is 12.8 Å². The second kappa shape index (κ2) is 4.67. The van der Waals surface area contributed by atoms with E-state index in [9.17, 15) is 0 Å². The van der Waals surface area contributed by atoms with E-state index < -0.39 is 0 Å². The predicted molar refractivity (Wildman–Crippen MR) is 48.9 cm³/mol. The summed E-state index contributed by atoms with van der Waals surface area (Å²) >= 11 is 0. The third-order valence-electron chi connectivity index (χ3n) is 1.70. The van der Waals surface area contributed by atoms with Gasteiger partial charge < -0.3 is 5.11 Å². The maximum Gasteiger partial charge on any atom is 0.0473 e. The van der Waals surface area contributed by atoms with Crippen molar-refractivity contribution in [3.05, 3.63) is 42.2 Å². The van der Waals surface area contributed by atoms with Crippen molar-refractivity contribution in [1.82, 2.24) is 4.98 Å². The Morgan fingerprint density at radius 1 is 1.58 bits per heavy atom. The van der Waals surface area contributed by atoms with Crippen LogP contribution in [0.2, 0.25) is 0 Å². The van der Waals surface area contributed by atoms with E-state index in [2.05, 4.69) is 11.6 Å². The lowest BCUT2D eigenvalue weighted by Crippen LogP contribution is -1.98. The van der Waals surface area contributed by atoms with Crippen LogP contribution in [-0.4, -0.2) is 16.7 Å². The van der Waals surface area contributed by atoms with Crippen molar-refractivity contribution in [2.24, 2.45) is 0 Å². The second-order valence-electron chi connectivity index (χ2n) is 2.58. The highest BCUT2D eigenvalue weighted by atomic mass is 16.2. The molecule has 12 heavy (non-hydrogen) atoms. The van der Waals surface area contributed by atoms with Gasteiger partial charge in [0.1, 0.15) is 0 Å². The summed E-state index contributed by atoms with van der Waals surface area (Å²) in [4.78, 5) is 4.20. The molecule has 2 heteroatoms. The smallest absolute Gasteiger partial charge is 0.0473 e. The molecule has 1 aromatic heterocycles. The third kappa shape index (κ3) is 2.17. The molecule has 1 rings (SSSR count). The van der Waals surface area contributed by atoms with Crippen LogP contribution in [0.3, 0.4) is 0 Å². The minimum atomic E-state index is 0.176. The van der Waals surface area contributed by atoms with Gasteiger partial charge in [-0.3, -0.25) is 4.98 Å². The molecule has 0 radical (unpaired) electrons. The molecule has 2 nitrogen and oxygen atoms in total. The Bertz CT molecular complexity index is 258. The summed E-state index contributed by atoms with van der Waals surface area (Å²) in [6.07, 6.45) is 5.04.